The maximum atomic E-state index is 5.65. The van der Waals surface area contributed by atoms with Gasteiger partial charge in [-0.25, -0.2) is 0 Å². The van der Waals surface area contributed by atoms with Crippen LogP contribution in [0.4, 0.5) is 0 Å². The van der Waals surface area contributed by atoms with Crippen LogP contribution in [0.1, 0.15) is 19.3 Å². The minimum atomic E-state index is 0.114. The van der Waals surface area contributed by atoms with Gasteiger partial charge in [-0.15, -0.1) is 6.58 Å². The second kappa shape index (κ2) is 3.74. The van der Waals surface area contributed by atoms with Crippen molar-refractivity contribution < 1.29 is 4.74 Å². The molecule has 2 atom stereocenters. The third kappa shape index (κ3) is 2.12. The highest BCUT2D eigenvalue weighted by molar-refractivity contribution is 4.85. The molecule has 2 unspecified atom stereocenters. The van der Waals surface area contributed by atoms with Crippen LogP contribution in [-0.2, 0) is 4.74 Å². The number of rotatable bonds is 3. The third-order valence-corrected chi connectivity index (χ3v) is 1.86. The molecule has 0 spiro atoms. The van der Waals surface area contributed by atoms with E-state index in [0.717, 1.165) is 13.0 Å². The predicted octanol–water partition coefficient (Wildman–Crippen LogP) is 1.07. The Morgan fingerprint density at radius 3 is 3.10 bits per heavy atom. The molecule has 1 rings (SSSR count). The molecule has 2 N–H and O–H groups in total. The quantitative estimate of drug-likeness (QED) is 0.597. The van der Waals surface area contributed by atoms with E-state index in [-0.39, 0.29) is 6.04 Å². The second-order valence-electron chi connectivity index (χ2n) is 2.77. The Bertz CT molecular complexity index is 108. The first-order valence-corrected chi connectivity index (χ1v) is 3.82. The van der Waals surface area contributed by atoms with E-state index in [1.165, 1.54) is 12.8 Å². The minimum Gasteiger partial charge on any atom is -0.378 e. The van der Waals surface area contributed by atoms with E-state index in [9.17, 15) is 0 Å². The summed E-state index contributed by atoms with van der Waals surface area (Å²) in [7, 11) is 0. The summed E-state index contributed by atoms with van der Waals surface area (Å²) >= 11 is 0. The fraction of sp³-hybridized carbons (Fsp3) is 0.750. The molecular formula is C8H15NO. The van der Waals surface area contributed by atoms with Crippen molar-refractivity contribution in [3.63, 3.8) is 0 Å². The molecule has 2 nitrogen and oxygen atoms in total. The van der Waals surface area contributed by atoms with Gasteiger partial charge in [0.05, 0.1) is 6.10 Å². The summed E-state index contributed by atoms with van der Waals surface area (Å²) in [4.78, 5) is 0. The van der Waals surface area contributed by atoms with Gasteiger partial charge in [-0.1, -0.05) is 6.08 Å². The molecule has 0 bridgehead atoms. The molecule has 0 radical (unpaired) electrons. The lowest BCUT2D eigenvalue weighted by Gasteiger charge is -2.11. The van der Waals surface area contributed by atoms with Gasteiger partial charge in [0.25, 0.3) is 0 Å². The summed E-state index contributed by atoms with van der Waals surface area (Å²) in [5.74, 6) is 0. The van der Waals surface area contributed by atoms with Crippen molar-refractivity contribution in [1.29, 1.82) is 0 Å². The third-order valence-electron chi connectivity index (χ3n) is 1.86. The fourth-order valence-corrected chi connectivity index (χ4v) is 1.23. The highest BCUT2D eigenvalue weighted by Gasteiger charge is 2.16. The topological polar surface area (TPSA) is 35.2 Å². The molecule has 0 amide bonds. The van der Waals surface area contributed by atoms with E-state index in [1.54, 1.807) is 6.08 Å². The minimum absolute atomic E-state index is 0.114. The summed E-state index contributed by atoms with van der Waals surface area (Å²) < 4.78 is 5.40. The van der Waals surface area contributed by atoms with Crippen LogP contribution in [0.3, 0.4) is 0 Å². The Kier molecular flexibility index (Phi) is 2.90. The summed E-state index contributed by atoms with van der Waals surface area (Å²) in [6, 6.07) is 0.114. The zero-order valence-electron chi connectivity index (χ0n) is 6.25. The highest BCUT2D eigenvalue weighted by Crippen LogP contribution is 2.16. The van der Waals surface area contributed by atoms with Crippen molar-refractivity contribution in [3.05, 3.63) is 12.7 Å². The molecule has 0 aromatic heterocycles. The van der Waals surface area contributed by atoms with E-state index in [4.69, 9.17) is 10.5 Å². The van der Waals surface area contributed by atoms with Gasteiger partial charge in [-0.05, 0) is 19.3 Å². The standard InChI is InChI=1S/C8H15NO/c1-2-7(9)6-8-4-3-5-10-8/h2,7-8H,1,3-6,9H2. The maximum absolute atomic E-state index is 5.65. The van der Waals surface area contributed by atoms with Gasteiger partial charge in [-0.3, -0.25) is 0 Å². The van der Waals surface area contributed by atoms with Crippen molar-refractivity contribution in [3.8, 4) is 0 Å². The monoisotopic (exact) mass is 141 g/mol. The molecule has 0 aromatic rings. The fourth-order valence-electron chi connectivity index (χ4n) is 1.23. The maximum Gasteiger partial charge on any atom is 0.0593 e. The van der Waals surface area contributed by atoms with Gasteiger partial charge in [0.15, 0.2) is 0 Å². The summed E-state index contributed by atoms with van der Waals surface area (Å²) in [5, 5.41) is 0. The van der Waals surface area contributed by atoms with Crippen molar-refractivity contribution in [2.75, 3.05) is 6.61 Å². The molecule has 0 aliphatic carbocycles. The average Bonchev–Trinajstić information content (AvgIpc) is 2.40. The molecule has 0 saturated carbocycles. The second-order valence-corrected chi connectivity index (χ2v) is 2.77. The Morgan fingerprint density at radius 1 is 1.80 bits per heavy atom. The SMILES string of the molecule is C=CC(N)CC1CCCO1. The van der Waals surface area contributed by atoms with Gasteiger partial charge >= 0.3 is 0 Å². The lowest BCUT2D eigenvalue weighted by Crippen LogP contribution is -2.23. The first-order chi connectivity index (χ1) is 4.83. The smallest absolute Gasteiger partial charge is 0.0593 e. The van der Waals surface area contributed by atoms with Crippen LogP contribution >= 0.6 is 0 Å². The molecule has 58 valence electrons. The van der Waals surface area contributed by atoms with Gasteiger partial charge in [0.1, 0.15) is 0 Å². The largest absolute Gasteiger partial charge is 0.378 e. The van der Waals surface area contributed by atoms with E-state index < -0.39 is 0 Å². The molecule has 0 aromatic carbocycles. The van der Waals surface area contributed by atoms with Crippen LogP contribution in [0, 0.1) is 0 Å². The number of hydrogen-bond donors (Lipinski definition) is 1. The summed E-state index contributed by atoms with van der Waals surface area (Å²) in [6.45, 7) is 4.53. The van der Waals surface area contributed by atoms with Crippen LogP contribution in [0.2, 0.25) is 0 Å². The van der Waals surface area contributed by atoms with Gasteiger partial charge in [0, 0.05) is 12.6 Å². The van der Waals surface area contributed by atoms with Crippen LogP contribution in [0.15, 0.2) is 12.7 Å². The van der Waals surface area contributed by atoms with Crippen molar-refractivity contribution in [2.45, 2.75) is 31.4 Å². The highest BCUT2D eigenvalue weighted by atomic mass is 16.5. The lowest BCUT2D eigenvalue weighted by atomic mass is 10.1. The summed E-state index contributed by atoms with van der Waals surface area (Å²) in [5.41, 5.74) is 5.65. The molecule has 10 heavy (non-hydrogen) atoms. The zero-order valence-corrected chi connectivity index (χ0v) is 6.25. The van der Waals surface area contributed by atoms with Crippen LogP contribution in [0.5, 0.6) is 0 Å². The van der Waals surface area contributed by atoms with E-state index in [0.29, 0.717) is 6.10 Å². The van der Waals surface area contributed by atoms with Crippen LogP contribution < -0.4 is 5.73 Å². The van der Waals surface area contributed by atoms with E-state index in [1.807, 2.05) is 0 Å². The molecule has 2 heteroatoms. The van der Waals surface area contributed by atoms with E-state index >= 15 is 0 Å². The molecule has 1 heterocycles. The predicted molar refractivity (Wildman–Crippen MR) is 41.8 cm³/mol. The molecular weight excluding hydrogens is 126 g/mol. The Balaban J connectivity index is 2.17. The van der Waals surface area contributed by atoms with E-state index in [2.05, 4.69) is 6.58 Å². The van der Waals surface area contributed by atoms with Crippen LogP contribution in [0.25, 0.3) is 0 Å². The number of hydrogen-bond acceptors (Lipinski definition) is 2. The van der Waals surface area contributed by atoms with Gasteiger partial charge in [-0.2, -0.15) is 0 Å². The van der Waals surface area contributed by atoms with Crippen LogP contribution in [-0.4, -0.2) is 18.8 Å². The van der Waals surface area contributed by atoms with Gasteiger partial charge in [0.2, 0.25) is 0 Å². The zero-order chi connectivity index (χ0) is 7.40. The number of ether oxygens (including phenoxy) is 1. The lowest BCUT2D eigenvalue weighted by molar-refractivity contribution is 0.102. The molecule has 1 saturated heterocycles. The molecule has 1 aliphatic rings. The normalized spacial score (nSPS) is 28.3. The first-order valence-electron chi connectivity index (χ1n) is 3.82. The Hall–Kier alpha value is -0.340. The molecule has 1 fully saturated rings. The first kappa shape index (κ1) is 7.76. The van der Waals surface area contributed by atoms with Crippen molar-refractivity contribution >= 4 is 0 Å². The molecule has 1 aliphatic heterocycles. The van der Waals surface area contributed by atoms with Crippen molar-refractivity contribution in [2.24, 2.45) is 5.73 Å². The summed E-state index contributed by atoms with van der Waals surface area (Å²) in [6.07, 6.45) is 5.47. The number of nitrogens with two attached hydrogens (primary N) is 1. The van der Waals surface area contributed by atoms with Gasteiger partial charge < -0.3 is 10.5 Å². The average molecular weight is 141 g/mol. The Morgan fingerprint density at radius 2 is 2.60 bits per heavy atom. The van der Waals surface area contributed by atoms with Crippen molar-refractivity contribution in [1.82, 2.24) is 0 Å². The Labute approximate surface area is 62.1 Å².